The summed E-state index contributed by atoms with van der Waals surface area (Å²) in [7, 11) is 1.65. The number of aromatic nitrogens is 3. The summed E-state index contributed by atoms with van der Waals surface area (Å²) >= 11 is 7.42. The van der Waals surface area contributed by atoms with Gasteiger partial charge in [0, 0.05) is 42.8 Å². The summed E-state index contributed by atoms with van der Waals surface area (Å²) in [6.07, 6.45) is 1.67. The highest BCUT2D eigenvalue weighted by molar-refractivity contribution is 7.16. The summed E-state index contributed by atoms with van der Waals surface area (Å²) in [6.45, 7) is 5.17. The lowest BCUT2D eigenvalue weighted by Gasteiger charge is -2.36. The maximum absolute atomic E-state index is 12.5. The van der Waals surface area contributed by atoms with E-state index in [1.807, 2.05) is 42.2 Å². The molecule has 3 heterocycles. The zero-order valence-corrected chi connectivity index (χ0v) is 18.4. The molecule has 1 aliphatic rings. The number of nitrogens with zero attached hydrogens (tertiary/aromatic N) is 5. The molecule has 0 bridgehead atoms. The molecule has 4 rings (SSSR count). The van der Waals surface area contributed by atoms with Crippen LogP contribution >= 0.6 is 22.9 Å². The van der Waals surface area contributed by atoms with E-state index < -0.39 is 0 Å². The Morgan fingerprint density at radius 2 is 2.03 bits per heavy atom. The number of hydrogen-bond acceptors (Lipinski definition) is 6. The highest BCUT2D eigenvalue weighted by atomic mass is 35.5. The maximum atomic E-state index is 12.5. The molecule has 0 aliphatic carbocycles. The molecule has 30 heavy (non-hydrogen) atoms. The van der Waals surface area contributed by atoms with E-state index in [0.717, 1.165) is 39.4 Å². The largest absolute Gasteiger partial charge is 0.494 e. The van der Waals surface area contributed by atoms with Crippen molar-refractivity contribution in [3.8, 4) is 11.4 Å². The Balaban J connectivity index is 1.36. The van der Waals surface area contributed by atoms with E-state index in [9.17, 15) is 4.79 Å². The van der Waals surface area contributed by atoms with E-state index >= 15 is 0 Å². The van der Waals surface area contributed by atoms with Gasteiger partial charge in [0.05, 0.1) is 18.0 Å². The Hall–Kier alpha value is -2.78. The molecule has 8 nitrogen and oxygen atoms in total. The van der Waals surface area contributed by atoms with Crippen LogP contribution in [0.1, 0.15) is 10.7 Å². The van der Waals surface area contributed by atoms with Gasteiger partial charge >= 0.3 is 6.03 Å². The van der Waals surface area contributed by atoms with Crippen molar-refractivity contribution < 1.29 is 9.53 Å². The minimum atomic E-state index is -0.0475. The number of methoxy groups -OCH3 is 1. The van der Waals surface area contributed by atoms with Gasteiger partial charge in [-0.15, -0.1) is 11.3 Å². The van der Waals surface area contributed by atoms with Crippen LogP contribution in [0.4, 0.5) is 10.5 Å². The topological polar surface area (TPSA) is 75.5 Å². The predicted molar refractivity (Wildman–Crippen MR) is 118 cm³/mol. The van der Waals surface area contributed by atoms with Crippen LogP contribution in [0.25, 0.3) is 5.69 Å². The van der Waals surface area contributed by atoms with Gasteiger partial charge in [0.2, 0.25) is 0 Å². The van der Waals surface area contributed by atoms with Crippen LogP contribution < -0.4 is 15.0 Å². The number of rotatable bonds is 5. The number of ether oxygens (including phenoxy) is 1. The first-order valence-corrected chi connectivity index (χ1v) is 10.8. The Bertz CT molecular complexity index is 1030. The molecule has 1 fully saturated rings. The minimum Gasteiger partial charge on any atom is -0.494 e. The molecular weight excluding hydrogens is 424 g/mol. The number of hydrogen-bond donors (Lipinski definition) is 1. The number of aryl methyl sites for hydroxylation is 1. The summed E-state index contributed by atoms with van der Waals surface area (Å²) in [4.78, 5) is 21.8. The van der Waals surface area contributed by atoms with Crippen LogP contribution in [0.3, 0.4) is 0 Å². The normalized spacial score (nSPS) is 14.1. The van der Waals surface area contributed by atoms with Crippen molar-refractivity contribution in [2.75, 3.05) is 38.2 Å². The first-order valence-electron chi connectivity index (χ1n) is 9.62. The van der Waals surface area contributed by atoms with E-state index in [2.05, 4.69) is 20.3 Å². The average Bonchev–Trinajstić information content (AvgIpc) is 3.39. The molecule has 2 amide bonds. The van der Waals surface area contributed by atoms with Crippen LogP contribution in [0.2, 0.25) is 4.34 Å². The second-order valence-electron chi connectivity index (χ2n) is 6.93. The molecule has 10 heteroatoms. The van der Waals surface area contributed by atoms with Crippen LogP contribution in [0.15, 0.2) is 36.7 Å². The molecule has 1 saturated heterocycles. The van der Waals surface area contributed by atoms with Gasteiger partial charge in [-0.2, -0.15) is 5.10 Å². The molecule has 1 N–H and O–H groups in total. The predicted octanol–water partition coefficient (Wildman–Crippen LogP) is 3.33. The van der Waals surface area contributed by atoms with Crippen molar-refractivity contribution in [2.24, 2.45) is 0 Å². The molecule has 0 unspecified atom stereocenters. The Morgan fingerprint density at radius 3 is 2.67 bits per heavy atom. The number of carbonyl (C=O) groups excluding carboxylic acids is 1. The van der Waals surface area contributed by atoms with E-state index in [1.54, 1.807) is 18.1 Å². The second-order valence-corrected chi connectivity index (χ2v) is 8.73. The maximum Gasteiger partial charge on any atom is 0.317 e. The Morgan fingerprint density at radius 1 is 1.23 bits per heavy atom. The van der Waals surface area contributed by atoms with E-state index in [0.29, 0.717) is 25.5 Å². The van der Waals surface area contributed by atoms with Crippen molar-refractivity contribution in [1.29, 1.82) is 0 Å². The molecule has 0 spiro atoms. The van der Waals surface area contributed by atoms with Gasteiger partial charge in [-0.1, -0.05) is 11.6 Å². The Kier molecular flexibility index (Phi) is 6.10. The molecular formula is C20H23ClN6O2S. The standard InChI is InChI=1S/C20H23ClN6O2S/c1-14-23-13-27(24-14)17-5-3-15(11-18(17)29-2)25-7-9-26(10-8-25)20(28)22-12-16-4-6-19(21)30-16/h3-6,11,13H,7-10,12H2,1-2H3,(H,22,28). The molecule has 3 aromatic rings. The fraction of sp³-hybridized carbons (Fsp3) is 0.350. The lowest BCUT2D eigenvalue weighted by molar-refractivity contribution is 0.194. The average molecular weight is 447 g/mol. The first kappa shape index (κ1) is 20.5. The molecule has 0 saturated carbocycles. The van der Waals surface area contributed by atoms with Crippen LogP contribution in [-0.2, 0) is 6.54 Å². The van der Waals surface area contributed by atoms with Gasteiger partial charge < -0.3 is 19.9 Å². The summed E-state index contributed by atoms with van der Waals surface area (Å²) in [5.74, 6) is 1.44. The lowest BCUT2D eigenvalue weighted by atomic mass is 10.2. The number of halogens is 1. The number of amides is 2. The third-order valence-corrected chi connectivity index (χ3v) is 6.22. The molecule has 2 aromatic heterocycles. The fourth-order valence-electron chi connectivity index (χ4n) is 3.40. The van der Waals surface area contributed by atoms with Crippen molar-refractivity contribution in [1.82, 2.24) is 25.0 Å². The van der Waals surface area contributed by atoms with E-state index in [-0.39, 0.29) is 6.03 Å². The molecule has 1 aromatic carbocycles. The van der Waals surface area contributed by atoms with Gasteiger partial charge in [-0.3, -0.25) is 0 Å². The summed E-state index contributed by atoms with van der Waals surface area (Å²) < 4.78 is 8.02. The monoisotopic (exact) mass is 446 g/mol. The van der Waals surface area contributed by atoms with Crippen molar-refractivity contribution in [3.63, 3.8) is 0 Å². The van der Waals surface area contributed by atoms with Crippen molar-refractivity contribution >= 4 is 34.7 Å². The van der Waals surface area contributed by atoms with Crippen molar-refractivity contribution in [3.05, 3.63) is 51.7 Å². The van der Waals surface area contributed by atoms with Gasteiger partial charge in [0.25, 0.3) is 0 Å². The number of piperazine rings is 1. The third kappa shape index (κ3) is 4.52. The Labute approximate surface area is 184 Å². The van der Waals surface area contributed by atoms with Gasteiger partial charge in [-0.05, 0) is 31.2 Å². The zero-order chi connectivity index (χ0) is 21.1. The van der Waals surface area contributed by atoms with Crippen LogP contribution in [0.5, 0.6) is 5.75 Å². The van der Waals surface area contributed by atoms with Crippen LogP contribution in [-0.4, -0.2) is 59.0 Å². The minimum absolute atomic E-state index is 0.0475. The second kappa shape index (κ2) is 8.93. The number of benzene rings is 1. The molecule has 0 radical (unpaired) electrons. The summed E-state index contributed by atoms with van der Waals surface area (Å²) in [6, 6.07) is 9.76. The molecule has 1 aliphatic heterocycles. The zero-order valence-electron chi connectivity index (χ0n) is 16.8. The van der Waals surface area contributed by atoms with Gasteiger partial charge in [-0.25, -0.2) is 14.5 Å². The highest BCUT2D eigenvalue weighted by Crippen LogP contribution is 2.29. The van der Waals surface area contributed by atoms with Crippen LogP contribution in [0, 0.1) is 6.92 Å². The van der Waals surface area contributed by atoms with Gasteiger partial charge in [0.15, 0.2) is 0 Å². The number of anilines is 1. The third-order valence-electron chi connectivity index (χ3n) is 4.99. The first-order chi connectivity index (χ1) is 14.5. The summed E-state index contributed by atoms with van der Waals surface area (Å²) in [5.41, 5.74) is 1.90. The number of carbonyl (C=O) groups is 1. The van der Waals surface area contributed by atoms with E-state index in [1.165, 1.54) is 11.3 Å². The number of urea groups is 1. The smallest absolute Gasteiger partial charge is 0.317 e. The molecule has 0 atom stereocenters. The SMILES string of the molecule is COc1cc(N2CCN(C(=O)NCc3ccc(Cl)s3)CC2)ccc1-n1cnc(C)n1. The van der Waals surface area contributed by atoms with Gasteiger partial charge in [0.1, 0.15) is 23.6 Å². The van der Waals surface area contributed by atoms with Crippen molar-refractivity contribution in [2.45, 2.75) is 13.5 Å². The fourth-order valence-corrected chi connectivity index (χ4v) is 4.43. The number of thiophene rings is 1. The lowest BCUT2D eigenvalue weighted by Crippen LogP contribution is -2.51. The number of nitrogens with one attached hydrogen (secondary N) is 1. The molecule has 158 valence electrons. The quantitative estimate of drug-likeness (QED) is 0.650. The highest BCUT2D eigenvalue weighted by Gasteiger charge is 2.22. The van der Waals surface area contributed by atoms with E-state index in [4.69, 9.17) is 16.3 Å². The summed E-state index contributed by atoms with van der Waals surface area (Å²) in [5, 5.41) is 7.32.